The van der Waals surface area contributed by atoms with E-state index in [2.05, 4.69) is 21.4 Å². The van der Waals surface area contributed by atoms with Crippen LogP contribution in [0.25, 0.3) is 5.65 Å². The first-order valence-electron chi connectivity index (χ1n) is 7.11. The van der Waals surface area contributed by atoms with Crippen molar-refractivity contribution in [2.24, 2.45) is 7.05 Å². The summed E-state index contributed by atoms with van der Waals surface area (Å²) in [6.07, 6.45) is -1.76. The summed E-state index contributed by atoms with van der Waals surface area (Å²) >= 11 is 0. The average Bonchev–Trinajstić information content (AvgIpc) is 3.10. The third kappa shape index (κ3) is 2.23. The summed E-state index contributed by atoms with van der Waals surface area (Å²) in [6.45, 7) is 1.32. The zero-order chi connectivity index (χ0) is 16.2. The van der Waals surface area contributed by atoms with Gasteiger partial charge in [-0.1, -0.05) is 0 Å². The quantitative estimate of drug-likeness (QED) is 0.688. The summed E-state index contributed by atoms with van der Waals surface area (Å²) in [5.74, 6) is -0.624. The van der Waals surface area contributed by atoms with Crippen molar-refractivity contribution in [1.82, 2.24) is 24.4 Å². The SMILES string of the molecule is Cn1ccc2c1CN(c1ccc3nnc(C(F)(F)F)n3n1)CC2. The maximum Gasteiger partial charge on any atom is 0.453 e. The van der Waals surface area contributed by atoms with Crippen molar-refractivity contribution in [1.29, 1.82) is 0 Å². The van der Waals surface area contributed by atoms with Gasteiger partial charge < -0.3 is 9.47 Å². The van der Waals surface area contributed by atoms with E-state index in [9.17, 15) is 13.2 Å². The maximum absolute atomic E-state index is 13.0. The van der Waals surface area contributed by atoms with E-state index in [0.717, 1.165) is 16.6 Å². The fourth-order valence-electron chi connectivity index (χ4n) is 2.89. The Morgan fingerprint density at radius 2 is 1.96 bits per heavy atom. The molecule has 0 saturated heterocycles. The molecule has 4 rings (SSSR count). The van der Waals surface area contributed by atoms with Crippen LogP contribution in [0, 0.1) is 0 Å². The molecule has 120 valence electrons. The molecule has 0 radical (unpaired) electrons. The lowest BCUT2D eigenvalue weighted by molar-refractivity contribution is -0.146. The van der Waals surface area contributed by atoms with Gasteiger partial charge in [0.05, 0.1) is 6.54 Å². The van der Waals surface area contributed by atoms with Crippen LogP contribution in [0.5, 0.6) is 0 Å². The Morgan fingerprint density at radius 1 is 1.13 bits per heavy atom. The lowest BCUT2D eigenvalue weighted by Crippen LogP contribution is -2.32. The summed E-state index contributed by atoms with van der Waals surface area (Å²) in [7, 11) is 1.96. The lowest BCUT2D eigenvalue weighted by Gasteiger charge is -2.28. The Morgan fingerprint density at radius 3 is 2.74 bits per heavy atom. The number of halogens is 3. The van der Waals surface area contributed by atoms with Gasteiger partial charge in [-0.25, -0.2) is 0 Å². The van der Waals surface area contributed by atoms with Crippen molar-refractivity contribution >= 4 is 11.5 Å². The summed E-state index contributed by atoms with van der Waals surface area (Å²) in [4.78, 5) is 1.96. The van der Waals surface area contributed by atoms with Crippen molar-refractivity contribution in [2.75, 3.05) is 11.4 Å². The van der Waals surface area contributed by atoms with E-state index < -0.39 is 12.0 Å². The fourth-order valence-corrected chi connectivity index (χ4v) is 2.89. The molecular weight excluding hydrogens is 309 g/mol. The minimum Gasteiger partial charge on any atom is -0.353 e. The second-order valence-electron chi connectivity index (χ2n) is 5.55. The number of anilines is 1. The number of fused-ring (bicyclic) bond motifs is 2. The zero-order valence-corrected chi connectivity index (χ0v) is 12.2. The van der Waals surface area contributed by atoms with E-state index in [0.29, 0.717) is 18.9 Å². The van der Waals surface area contributed by atoms with Gasteiger partial charge in [0.15, 0.2) is 5.65 Å². The highest BCUT2D eigenvalue weighted by atomic mass is 19.4. The minimum absolute atomic E-state index is 0.0811. The third-order valence-electron chi connectivity index (χ3n) is 4.11. The molecule has 1 aliphatic rings. The van der Waals surface area contributed by atoms with Gasteiger partial charge in [-0.3, -0.25) is 0 Å². The second-order valence-corrected chi connectivity index (χ2v) is 5.55. The molecule has 3 aromatic rings. The molecule has 0 atom stereocenters. The van der Waals surface area contributed by atoms with Crippen LogP contribution >= 0.6 is 0 Å². The summed E-state index contributed by atoms with van der Waals surface area (Å²) in [5, 5.41) is 10.8. The van der Waals surface area contributed by atoms with Crippen LogP contribution in [0.4, 0.5) is 19.0 Å². The van der Waals surface area contributed by atoms with E-state index in [1.54, 1.807) is 6.07 Å². The van der Waals surface area contributed by atoms with Crippen LogP contribution in [0.3, 0.4) is 0 Å². The molecule has 0 aromatic carbocycles. The molecule has 0 N–H and O–H groups in total. The normalized spacial score (nSPS) is 15.2. The van der Waals surface area contributed by atoms with Crippen molar-refractivity contribution < 1.29 is 13.2 Å². The molecule has 9 heteroatoms. The van der Waals surface area contributed by atoms with Crippen LogP contribution in [0.1, 0.15) is 17.1 Å². The van der Waals surface area contributed by atoms with Crippen molar-refractivity contribution in [3.8, 4) is 0 Å². The molecule has 0 unspecified atom stereocenters. The third-order valence-corrected chi connectivity index (χ3v) is 4.11. The number of aryl methyl sites for hydroxylation is 1. The van der Waals surface area contributed by atoms with E-state index >= 15 is 0 Å². The van der Waals surface area contributed by atoms with Gasteiger partial charge in [0.2, 0.25) is 0 Å². The Balaban J connectivity index is 1.74. The predicted octanol–water partition coefficient (Wildman–Crippen LogP) is 2.04. The predicted molar refractivity (Wildman–Crippen MR) is 76.0 cm³/mol. The molecule has 6 nitrogen and oxygen atoms in total. The molecule has 4 heterocycles. The number of hydrogen-bond donors (Lipinski definition) is 0. The van der Waals surface area contributed by atoms with Gasteiger partial charge in [-0.2, -0.15) is 17.7 Å². The summed E-state index contributed by atoms with van der Waals surface area (Å²) in [6, 6.07) is 5.26. The van der Waals surface area contributed by atoms with E-state index in [-0.39, 0.29) is 5.65 Å². The van der Waals surface area contributed by atoms with Gasteiger partial charge in [0, 0.05) is 25.5 Å². The second kappa shape index (κ2) is 4.71. The number of aromatic nitrogens is 5. The highest BCUT2D eigenvalue weighted by molar-refractivity contribution is 5.48. The summed E-state index contributed by atoms with van der Waals surface area (Å²) in [5.41, 5.74) is 2.50. The largest absolute Gasteiger partial charge is 0.453 e. The molecule has 23 heavy (non-hydrogen) atoms. The van der Waals surface area contributed by atoms with E-state index in [4.69, 9.17) is 0 Å². The molecule has 3 aromatic heterocycles. The Kier molecular flexibility index (Phi) is 2.87. The van der Waals surface area contributed by atoms with Crippen LogP contribution in [-0.4, -0.2) is 30.9 Å². The molecule has 1 aliphatic heterocycles. The lowest BCUT2D eigenvalue weighted by atomic mass is 10.1. The summed E-state index contributed by atoms with van der Waals surface area (Å²) < 4.78 is 41.6. The molecule has 0 bridgehead atoms. The van der Waals surface area contributed by atoms with Crippen LogP contribution in [0.15, 0.2) is 24.4 Å². The van der Waals surface area contributed by atoms with Gasteiger partial charge in [0.25, 0.3) is 5.82 Å². The Labute approximate surface area is 129 Å². The van der Waals surface area contributed by atoms with E-state index in [1.165, 1.54) is 11.6 Å². The Bertz CT molecular complexity index is 878. The van der Waals surface area contributed by atoms with Crippen molar-refractivity contribution in [3.63, 3.8) is 0 Å². The maximum atomic E-state index is 13.0. The molecule has 0 spiro atoms. The van der Waals surface area contributed by atoms with Crippen LogP contribution < -0.4 is 4.90 Å². The van der Waals surface area contributed by atoms with Crippen molar-refractivity contribution in [3.05, 3.63) is 41.5 Å². The van der Waals surface area contributed by atoms with Crippen molar-refractivity contribution in [2.45, 2.75) is 19.1 Å². The highest BCUT2D eigenvalue weighted by Gasteiger charge is 2.37. The van der Waals surface area contributed by atoms with Gasteiger partial charge >= 0.3 is 6.18 Å². The number of rotatable bonds is 1. The number of nitrogens with zero attached hydrogens (tertiary/aromatic N) is 6. The first-order chi connectivity index (χ1) is 10.9. The van der Waals surface area contributed by atoms with Gasteiger partial charge in [0.1, 0.15) is 5.82 Å². The molecule has 0 saturated carbocycles. The minimum atomic E-state index is -4.59. The Hall–Kier alpha value is -2.58. The smallest absolute Gasteiger partial charge is 0.353 e. The molecular formula is C14H13F3N6. The molecule has 0 amide bonds. The first-order valence-corrected chi connectivity index (χ1v) is 7.11. The monoisotopic (exact) mass is 322 g/mol. The average molecular weight is 322 g/mol. The molecule has 0 aliphatic carbocycles. The molecule has 0 fully saturated rings. The fraction of sp³-hybridized carbons (Fsp3) is 0.357. The topological polar surface area (TPSA) is 51.2 Å². The first kappa shape index (κ1) is 14.0. The van der Waals surface area contributed by atoms with Gasteiger partial charge in [-0.05, 0) is 30.2 Å². The van der Waals surface area contributed by atoms with Gasteiger partial charge in [-0.15, -0.1) is 15.3 Å². The number of alkyl halides is 3. The standard InChI is InChI=1S/C14H13F3N6/c1-21-6-4-9-5-7-22(8-10(9)21)12-3-2-11-18-19-13(14(15,16)17)23(11)20-12/h2-4,6H,5,7-8H2,1H3. The number of hydrogen-bond acceptors (Lipinski definition) is 4. The zero-order valence-electron chi connectivity index (χ0n) is 12.2. The van der Waals surface area contributed by atoms with Crippen LogP contribution in [-0.2, 0) is 26.2 Å². The van der Waals surface area contributed by atoms with Crippen LogP contribution in [0.2, 0.25) is 0 Å². The van der Waals surface area contributed by atoms with E-state index in [1.807, 2.05) is 22.7 Å². The highest BCUT2D eigenvalue weighted by Crippen LogP contribution is 2.29.